The summed E-state index contributed by atoms with van der Waals surface area (Å²) in [6, 6.07) is 4.37. The van der Waals surface area contributed by atoms with E-state index in [1.165, 1.54) is 11.1 Å². The first kappa shape index (κ1) is 11.1. The number of fused-ring (bicyclic) bond motifs is 1. The van der Waals surface area contributed by atoms with E-state index in [-0.39, 0.29) is 22.7 Å². The SMILES string of the molecule is CN1CC23CC45c6c2ccc(O)c6OC4C(O)C=CC5C13. The second-order valence-electron chi connectivity index (χ2n) is 7.51. The molecule has 6 rings (SSSR count). The Morgan fingerprint density at radius 3 is 3.00 bits per heavy atom. The van der Waals surface area contributed by atoms with E-state index in [0.717, 1.165) is 13.0 Å². The Labute approximate surface area is 122 Å². The molecule has 1 saturated heterocycles. The predicted octanol–water partition coefficient (Wildman–Crippen LogP) is 0.907. The molecule has 2 fully saturated rings. The number of likely N-dealkylation sites (N-methyl/N-ethyl adjacent to an activating group) is 1. The molecule has 0 aromatic heterocycles. The molecule has 1 aromatic rings. The third kappa shape index (κ3) is 0.836. The minimum Gasteiger partial charge on any atom is -0.504 e. The van der Waals surface area contributed by atoms with Gasteiger partial charge in [0.2, 0.25) is 0 Å². The molecular weight excluding hydrogens is 266 g/mol. The van der Waals surface area contributed by atoms with Gasteiger partial charge in [0.25, 0.3) is 0 Å². The highest BCUT2D eigenvalue weighted by atomic mass is 16.5. The molecule has 4 heteroatoms. The third-order valence-corrected chi connectivity index (χ3v) is 6.83. The monoisotopic (exact) mass is 283 g/mol. The number of hydrogen-bond donors (Lipinski definition) is 2. The van der Waals surface area contributed by atoms with E-state index in [1.807, 2.05) is 6.08 Å². The number of ether oxygens (including phenoxy) is 1. The molecular formula is C17H17NO3. The zero-order valence-corrected chi connectivity index (χ0v) is 11.8. The van der Waals surface area contributed by atoms with E-state index in [0.29, 0.717) is 17.7 Å². The van der Waals surface area contributed by atoms with Gasteiger partial charge in [0.1, 0.15) is 12.2 Å². The van der Waals surface area contributed by atoms with Crippen molar-refractivity contribution >= 4 is 0 Å². The summed E-state index contributed by atoms with van der Waals surface area (Å²) in [7, 11) is 2.19. The zero-order chi connectivity index (χ0) is 14.1. The zero-order valence-electron chi connectivity index (χ0n) is 11.8. The lowest BCUT2D eigenvalue weighted by Gasteiger charge is -2.56. The molecule has 0 amide bonds. The van der Waals surface area contributed by atoms with Crippen LogP contribution in [0.25, 0.3) is 0 Å². The standard InChI is InChI=1S/C17H17NO3/c1-18-7-16-6-17-9(14(16)18)3-5-11(20)15(17)21-13-10(19)4-2-8(16)12(13)17/h2-5,9,11,14-15,19-20H,6-7H2,1H3. The topological polar surface area (TPSA) is 52.9 Å². The van der Waals surface area contributed by atoms with Gasteiger partial charge in [-0.25, -0.2) is 0 Å². The van der Waals surface area contributed by atoms with Crippen LogP contribution in [-0.2, 0) is 10.8 Å². The van der Waals surface area contributed by atoms with Crippen molar-refractivity contribution in [2.45, 2.75) is 35.5 Å². The molecule has 0 radical (unpaired) electrons. The molecule has 6 unspecified atom stereocenters. The summed E-state index contributed by atoms with van der Waals surface area (Å²) >= 11 is 0. The molecule has 6 atom stereocenters. The molecule has 1 saturated carbocycles. The van der Waals surface area contributed by atoms with E-state index in [2.05, 4.69) is 24.1 Å². The van der Waals surface area contributed by atoms with Gasteiger partial charge in [0.05, 0.1) is 0 Å². The number of nitrogens with zero attached hydrogens (tertiary/aromatic N) is 1. The number of likely N-dealkylation sites (tertiary alicyclic amines) is 1. The van der Waals surface area contributed by atoms with Crippen LogP contribution in [0.5, 0.6) is 11.5 Å². The lowest BCUT2D eigenvalue weighted by atomic mass is 9.60. The third-order valence-electron chi connectivity index (χ3n) is 6.83. The van der Waals surface area contributed by atoms with Crippen LogP contribution in [0, 0.1) is 5.92 Å². The van der Waals surface area contributed by atoms with Gasteiger partial charge in [-0.15, -0.1) is 0 Å². The molecule has 2 N–H and O–H groups in total. The van der Waals surface area contributed by atoms with Crippen LogP contribution in [-0.4, -0.2) is 47.0 Å². The number of aliphatic hydroxyl groups is 1. The number of benzene rings is 1. The Hall–Kier alpha value is -1.52. The first-order valence-corrected chi connectivity index (χ1v) is 7.70. The number of phenolic OH excluding ortho intramolecular Hbond substituents is 1. The van der Waals surface area contributed by atoms with Gasteiger partial charge in [0, 0.05) is 34.9 Å². The first-order valence-electron chi connectivity index (χ1n) is 7.70. The van der Waals surface area contributed by atoms with E-state index >= 15 is 0 Å². The summed E-state index contributed by atoms with van der Waals surface area (Å²) in [6.07, 6.45) is 4.32. The van der Waals surface area contributed by atoms with Crippen molar-refractivity contribution in [3.63, 3.8) is 0 Å². The smallest absolute Gasteiger partial charge is 0.165 e. The second-order valence-corrected chi connectivity index (χ2v) is 7.51. The lowest BCUT2D eigenvalue weighted by Crippen LogP contribution is -2.66. The molecule has 2 aliphatic heterocycles. The molecule has 4 nitrogen and oxygen atoms in total. The van der Waals surface area contributed by atoms with Crippen LogP contribution in [0.15, 0.2) is 24.3 Å². The number of aromatic hydroxyl groups is 1. The normalized spacial score (nSPS) is 50.6. The summed E-state index contributed by atoms with van der Waals surface area (Å²) in [5, 5.41) is 20.7. The van der Waals surface area contributed by atoms with Crippen LogP contribution in [0.3, 0.4) is 0 Å². The summed E-state index contributed by atoms with van der Waals surface area (Å²) in [5.41, 5.74) is 2.63. The molecule has 108 valence electrons. The highest BCUT2D eigenvalue weighted by Gasteiger charge is 2.79. The fourth-order valence-corrected chi connectivity index (χ4v) is 6.46. The highest BCUT2D eigenvalue weighted by Crippen LogP contribution is 2.75. The van der Waals surface area contributed by atoms with Gasteiger partial charge in [0.15, 0.2) is 11.5 Å². The molecule has 5 aliphatic rings. The molecule has 2 bridgehead atoms. The van der Waals surface area contributed by atoms with Crippen molar-refractivity contribution in [2.24, 2.45) is 5.92 Å². The molecule has 3 aliphatic carbocycles. The number of aliphatic hydroxyl groups excluding tert-OH is 1. The maximum Gasteiger partial charge on any atom is 0.165 e. The van der Waals surface area contributed by atoms with Crippen molar-refractivity contribution in [3.05, 3.63) is 35.4 Å². The second kappa shape index (κ2) is 2.85. The highest BCUT2D eigenvalue weighted by molar-refractivity contribution is 5.69. The quantitative estimate of drug-likeness (QED) is 0.695. The Morgan fingerprint density at radius 2 is 2.19 bits per heavy atom. The van der Waals surface area contributed by atoms with Crippen molar-refractivity contribution in [3.8, 4) is 11.5 Å². The van der Waals surface area contributed by atoms with Crippen LogP contribution >= 0.6 is 0 Å². The molecule has 2 spiro atoms. The summed E-state index contributed by atoms with van der Waals surface area (Å²) in [4.78, 5) is 2.44. The minimum atomic E-state index is -0.584. The van der Waals surface area contributed by atoms with Crippen LogP contribution < -0.4 is 4.74 Å². The number of hydrogen-bond acceptors (Lipinski definition) is 4. The Bertz CT molecular complexity index is 744. The van der Waals surface area contributed by atoms with Crippen molar-refractivity contribution in [1.29, 1.82) is 0 Å². The van der Waals surface area contributed by atoms with E-state index in [4.69, 9.17) is 4.74 Å². The van der Waals surface area contributed by atoms with Gasteiger partial charge in [-0.2, -0.15) is 0 Å². The first-order chi connectivity index (χ1) is 10.1. The molecule has 2 heterocycles. The molecule has 21 heavy (non-hydrogen) atoms. The average molecular weight is 283 g/mol. The van der Waals surface area contributed by atoms with E-state index < -0.39 is 6.10 Å². The Kier molecular flexibility index (Phi) is 1.51. The Morgan fingerprint density at radius 1 is 1.33 bits per heavy atom. The molecule has 1 aromatic carbocycles. The van der Waals surface area contributed by atoms with Gasteiger partial charge < -0.3 is 19.8 Å². The van der Waals surface area contributed by atoms with Gasteiger partial charge in [-0.05, 0) is 25.1 Å². The average Bonchev–Trinajstić information content (AvgIpc) is 3.00. The van der Waals surface area contributed by atoms with Crippen LogP contribution in [0.2, 0.25) is 0 Å². The summed E-state index contributed by atoms with van der Waals surface area (Å²) in [5.74, 6) is 1.24. The maximum atomic E-state index is 10.4. The van der Waals surface area contributed by atoms with Gasteiger partial charge >= 0.3 is 0 Å². The largest absolute Gasteiger partial charge is 0.504 e. The lowest BCUT2D eigenvalue weighted by molar-refractivity contribution is -0.00746. The summed E-state index contributed by atoms with van der Waals surface area (Å²) in [6.45, 7) is 1.07. The fourth-order valence-electron chi connectivity index (χ4n) is 6.46. The van der Waals surface area contributed by atoms with Crippen molar-refractivity contribution in [1.82, 2.24) is 4.90 Å². The maximum absolute atomic E-state index is 10.4. The number of phenols is 1. The Balaban J connectivity index is 1.74. The van der Waals surface area contributed by atoms with Gasteiger partial charge in [-0.1, -0.05) is 18.2 Å². The minimum absolute atomic E-state index is 0.132. The summed E-state index contributed by atoms with van der Waals surface area (Å²) < 4.78 is 6.07. The van der Waals surface area contributed by atoms with E-state index in [1.54, 1.807) is 6.07 Å². The van der Waals surface area contributed by atoms with Crippen molar-refractivity contribution in [2.75, 3.05) is 13.6 Å². The number of rotatable bonds is 0. The van der Waals surface area contributed by atoms with Crippen LogP contribution in [0.1, 0.15) is 17.5 Å². The van der Waals surface area contributed by atoms with E-state index in [9.17, 15) is 10.2 Å². The fraction of sp³-hybridized carbons (Fsp3) is 0.529. The predicted molar refractivity (Wildman–Crippen MR) is 75.6 cm³/mol. The van der Waals surface area contributed by atoms with Gasteiger partial charge in [-0.3, -0.25) is 0 Å². The van der Waals surface area contributed by atoms with Crippen LogP contribution in [0.4, 0.5) is 0 Å². The van der Waals surface area contributed by atoms with Crippen molar-refractivity contribution < 1.29 is 14.9 Å².